The fourth-order valence-electron chi connectivity index (χ4n) is 2.00. The third kappa shape index (κ3) is 7.34. The maximum absolute atomic E-state index is 11.4. The molecule has 0 unspecified atom stereocenters. The lowest BCUT2D eigenvalue weighted by Gasteiger charge is -2.22. The SMILES string of the molecule is CC(C)CNC(=O)CCNCC1CCNCC1. The first-order valence-corrected chi connectivity index (χ1v) is 6.86. The third-order valence-corrected chi connectivity index (χ3v) is 3.13. The molecule has 4 heteroatoms. The molecule has 4 nitrogen and oxygen atoms in total. The first kappa shape index (κ1) is 14.5. The number of carbonyl (C=O) groups is 1. The Morgan fingerprint density at radius 3 is 2.71 bits per heavy atom. The summed E-state index contributed by atoms with van der Waals surface area (Å²) in [6.07, 6.45) is 3.11. The maximum atomic E-state index is 11.4. The standard InChI is InChI=1S/C13H27N3O/c1-11(2)9-16-13(17)5-8-15-10-12-3-6-14-7-4-12/h11-12,14-15H,3-10H2,1-2H3,(H,16,17). The van der Waals surface area contributed by atoms with Gasteiger partial charge in [0, 0.05) is 19.5 Å². The van der Waals surface area contributed by atoms with Gasteiger partial charge in [-0.1, -0.05) is 13.8 Å². The minimum atomic E-state index is 0.163. The van der Waals surface area contributed by atoms with Crippen molar-refractivity contribution in [3.05, 3.63) is 0 Å². The Morgan fingerprint density at radius 2 is 2.06 bits per heavy atom. The van der Waals surface area contributed by atoms with E-state index in [4.69, 9.17) is 0 Å². The van der Waals surface area contributed by atoms with Crippen LogP contribution in [0.2, 0.25) is 0 Å². The van der Waals surface area contributed by atoms with Crippen LogP contribution in [0.1, 0.15) is 33.1 Å². The third-order valence-electron chi connectivity index (χ3n) is 3.13. The predicted molar refractivity (Wildman–Crippen MR) is 70.9 cm³/mol. The highest BCUT2D eigenvalue weighted by atomic mass is 16.1. The minimum Gasteiger partial charge on any atom is -0.356 e. The summed E-state index contributed by atoms with van der Waals surface area (Å²) >= 11 is 0. The predicted octanol–water partition coefficient (Wildman–Crippen LogP) is 0.738. The van der Waals surface area contributed by atoms with Crippen LogP contribution in [0.5, 0.6) is 0 Å². The highest BCUT2D eigenvalue weighted by molar-refractivity contribution is 5.76. The van der Waals surface area contributed by atoms with Gasteiger partial charge in [-0.2, -0.15) is 0 Å². The molecule has 0 spiro atoms. The maximum Gasteiger partial charge on any atom is 0.221 e. The quantitative estimate of drug-likeness (QED) is 0.576. The zero-order valence-corrected chi connectivity index (χ0v) is 11.2. The summed E-state index contributed by atoms with van der Waals surface area (Å²) in [7, 11) is 0. The topological polar surface area (TPSA) is 53.2 Å². The molecule has 1 amide bonds. The molecule has 0 aromatic carbocycles. The van der Waals surface area contributed by atoms with Crippen molar-refractivity contribution in [3.8, 4) is 0 Å². The molecule has 1 aliphatic rings. The first-order valence-electron chi connectivity index (χ1n) is 6.86. The van der Waals surface area contributed by atoms with Crippen molar-refractivity contribution in [2.24, 2.45) is 11.8 Å². The van der Waals surface area contributed by atoms with Crippen LogP contribution in [-0.2, 0) is 4.79 Å². The summed E-state index contributed by atoms with van der Waals surface area (Å²) in [6.45, 7) is 9.13. The van der Waals surface area contributed by atoms with Crippen LogP contribution in [-0.4, -0.2) is 38.6 Å². The van der Waals surface area contributed by atoms with Crippen molar-refractivity contribution in [2.45, 2.75) is 33.1 Å². The molecule has 1 aliphatic heterocycles. The van der Waals surface area contributed by atoms with Crippen molar-refractivity contribution in [1.29, 1.82) is 0 Å². The van der Waals surface area contributed by atoms with Gasteiger partial charge in [0.2, 0.25) is 5.91 Å². The normalized spacial score (nSPS) is 17.4. The Hall–Kier alpha value is -0.610. The fraction of sp³-hybridized carbons (Fsp3) is 0.923. The molecule has 1 rings (SSSR count). The summed E-state index contributed by atoms with van der Waals surface area (Å²) in [5.41, 5.74) is 0. The van der Waals surface area contributed by atoms with E-state index in [0.717, 1.165) is 38.6 Å². The van der Waals surface area contributed by atoms with Crippen LogP contribution in [0.3, 0.4) is 0 Å². The van der Waals surface area contributed by atoms with Gasteiger partial charge in [-0.25, -0.2) is 0 Å². The average Bonchev–Trinajstić information content (AvgIpc) is 2.33. The second kappa shape index (κ2) is 8.48. The van der Waals surface area contributed by atoms with Gasteiger partial charge >= 0.3 is 0 Å². The molecule has 3 N–H and O–H groups in total. The van der Waals surface area contributed by atoms with Crippen molar-refractivity contribution in [2.75, 3.05) is 32.7 Å². The van der Waals surface area contributed by atoms with Crippen LogP contribution in [0, 0.1) is 11.8 Å². The second-order valence-electron chi connectivity index (χ2n) is 5.35. The van der Waals surface area contributed by atoms with Gasteiger partial charge in [0.05, 0.1) is 0 Å². The zero-order valence-electron chi connectivity index (χ0n) is 11.2. The van der Waals surface area contributed by atoms with Crippen LogP contribution < -0.4 is 16.0 Å². The molecule has 17 heavy (non-hydrogen) atoms. The van der Waals surface area contributed by atoms with Crippen LogP contribution in [0.15, 0.2) is 0 Å². The summed E-state index contributed by atoms with van der Waals surface area (Å²) in [5, 5.41) is 9.68. The molecule has 1 fully saturated rings. The number of nitrogens with one attached hydrogen (secondary N) is 3. The van der Waals surface area contributed by atoms with E-state index in [-0.39, 0.29) is 5.91 Å². The fourth-order valence-corrected chi connectivity index (χ4v) is 2.00. The van der Waals surface area contributed by atoms with Crippen LogP contribution in [0.4, 0.5) is 0 Å². The van der Waals surface area contributed by atoms with Gasteiger partial charge in [0.15, 0.2) is 0 Å². The molecule has 100 valence electrons. The molecule has 0 radical (unpaired) electrons. The van der Waals surface area contributed by atoms with Crippen molar-refractivity contribution in [3.63, 3.8) is 0 Å². The van der Waals surface area contributed by atoms with Gasteiger partial charge < -0.3 is 16.0 Å². The Bertz CT molecular complexity index is 213. The van der Waals surface area contributed by atoms with Gasteiger partial charge in [0.25, 0.3) is 0 Å². The molecule has 0 bridgehead atoms. The highest BCUT2D eigenvalue weighted by Gasteiger charge is 2.12. The van der Waals surface area contributed by atoms with E-state index in [0.29, 0.717) is 12.3 Å². The number of piperidine rings is 1. The van der Waals surface area contributed by atoms with Gasteiger partial charge in [-0.3, -0.25) is 4.79 Å². The van der Waals surface area contributed by atoms with E-state index in [1.165, 1.54) is 12.8 Å². The van der Waals surface area contributed by atoms with Gasteiger partial charge in [-0.05, 0) is 44.3 Å². The number of hydrogen-bond donors (Lipinski definition) is 3. The van der Waals surface area contributed by atoms with Crippen molar-refractivity contribution in [1.82, 2.24) is 16.0 Å². The lowest BCUT2D eigenvalue weighted by atomic mass is 9.98. The summed E-state index contributed by atoms with van der Waals surface area (Å²) in [5.74, 6) is 1.48. The lowest BCUT2D eigenvalue weighted by molar-refractivity contribution is -0.121. The monoisotopic (exact) mass is 241 g/mol. The smallest absolute Gasteiger partial charge is 0.221 e. The molecule has 0 atom stereocenters. The van der Waals surface area contributed by atoms with Crippen LogP contribution >= 0.6 is 0 Å². The Labute approximate surface area is 105 Å². The van der Waals surface area contributed by atoms with E-state index in [1.807, 2.05) is 0 Å². The first-order chi connectivity index (χ1) is 8.18. The molecule has 0 aromatic rings. The molecule has 1 saturated heterocycles. The number of amides is 1. The molecular formula is C13H27N3O. The zero-order chi connectivity index (χ0) is 12.5. The van der Waals surface area contributed by atoms with E-state index >= 15 is 0 Å². The van der Waals surface area contributed by atoms with E-state index in [1.54, 1.807) is 0 Å². The minimum absolute atomic E-state index is 0.163. The summed E-state index contributed by atoms with van der Waals surface area (Å²) in [4.78, 5) is 11.4. The molecular weight excluding hydrogens is 214 g/mol. The second-order valence-corrected chi connectivity index (χ2v) is 5.35. The van der Waals surface area contributed by atoms with E-state index in [9.17, 15) is 4.79 Å². The molecule has 0 saturated carbocycles. The highest BCUT2D eigenvalue weighted by Crippen LogP contribution is 2.09. The van der Waals surface area contributed by atoms with Gasteiger partial charge in [-0.15, -0.1) is 0 Å². The molecule has 1 heterocycles. The molecule has 0 aliphatic carbocycles. The lowest BCUT2D eigenvalue weighted by Crippen LogP contribution is -2.35. The average molecular weight is 241 g/mol. The Balaban J connectivity index is 1.94. The van der Waals surface area contributed by atoms with E-state index in [2.05, 4.69) is 29.8 Å². The largest absolute Gasteiger partial charge is 0.356 e. The number of rotatable bonds is 7. The number of carbonyl (C=O) groups excluding carboxylic acids is 1. The molecule has 0 aromatic heterocycles. The van der Waals surface area contributed by atoms with Gasteiger partial charge in [0.1, 0.15) is 0 Å². The summed E-state index contributed by atoms with van der Waals surface area (Å²) < 4.78 is 0. The summed E-state index contributed by atoms with van der Waals surface area (Å²) in [6, 6.07) is 0. The van der Waals surface area contributed by atoms with Crippen LogP contribution in [0.25, 0.3) is 0 Å². The van der Waals surface area contributed by atoms with E-state index < -0.39 is 0 Å². The Morgan fingerprint density at radius 1 is 1.35 bits per heavy atom. The Kier molecular flexibility index (Phi) is 7.21. The number of hydrogen-bond acceptors (Lipinski definition) is 3. The van der Waals surface area contributed by atoms with Crippen molar-refractivity contribution >= 4 is 5.91 Å². The van der Waals surface area contributed by atoms with Crippen molar-refractivity contribution < 1.29 is 4.79 Å².